The molecule has 1 aliphatic rings. The molecule has 9 heteroatoms. The maximum Gasteiger partial charge on any atom is 0.373 e. The van der Waals surface area contributed by atoms with Gasteiger partial charge in [-0.05, 0) is 31.6 Å². The van der Waals surface area contributed by atoms with Crippen LogP contribution < -0.4 is 5.43 Å². The Hall–Kier alpha value is -2.98. The van der Waals surface area contributed by atoms with Gasteiger partial charge in [-0.2, -0.15) is 0 Å². The molecule has 3 unspecified atom stereocenters. The minimum Gasteiger partial charge on any atom is -0.464 e. The van der Waals surface area contributed by atoms with Crippen LogP contribution in [-0.4, -0.2) is 63.6 Å². The molecule has 1 N–H and O–H groups in total. The Kier molecular flexibility index (Phi) is 10.5. The molecular weight excluding hydrogens is 456 g/mol. The number of ether oxygens (including phenoxy) is 5. The lowest BCUT2D eigenvalue weighted by atomic mass is 9.81. The Balaban J connectivity index is 1.91. The molecule has 0 radical (unpaired) electrons. The Bertz CT molecular complexity index is 1060. The van der Waals surface area contributed by atoms with Gasteiger partial charge in [-0.15, -0.1) is 0 Å². The molecular formula is C26H32O9. The van der Waals surface area contributed by atoms with Gasteiger partial charge >= 0.3 is 5.97 Å². The molecule has 3 rings (SSSR count). The molecule has 9 nitrogen and oxygen atoms in total. The molecule has 190 valence electrons. The van der Waals surface area contributed by atoms with E-state index in [1.807, 2.05) is 6.92 Å². The first-order valence-corrected chi connectivity index (χ1v) is 11.7. The first-order chi connectivity index (χ1) is 17.1. The lowest BCUT2D eigenvalue weighted by Crippen LogP contribution is -2.38. The summed E-state index contributed by atoms with van der Waals surface area (Å²) in [6, 6.07) is 7.00. The maximum atomic E-state index is 13.4. The van der Waals surface area contributed by atoms with Gasteiger partial charge in [0.2, 0.25) is 12.0 Å². The zero-order chi connectivity index (χ0) is 25.0. The summed E-state index contributed by atoms with van der Waals surface area (Å²) in [7, 11) is 0. The fourth-order valence-electron chi connectivity index (χ4n) is 3.92. The molecule has 0 bridgehead atoms. The van der Waals surface area contributed by atoms with Crippen molar-refractivity contribution in [3.63, 3.8) is 0 Å². The van der Waals surface area contributed by atoms with E-state index in [2.05, 4.69) is 6.58 Å². The van der Waals surface area contributed by atoms with Crippen molar-refractivity contribution in [1.82, 2.24) is 0 Å². The van der Waals surface area contributed by atoms with Crippen LogP contribution in [0.25, 0.3) is 11.0 Å². The van der Waals surface area contributed by atoms with Crippen LogP contribution in [0.3, 0.4) is 0 Å². The van der Waals surface area contributed by atoms with E-state index < -0.39 is 18.2 Å². The van der Waals surface area contributed by atoms with Crippen LogP contribution in [-0.2, 0) is 28.5 Å². The number of aliphatic hydroxyl groups excluding tert-OH is 1. The summed E-state index contributed by atoms with van der Waals surface area (Å²) in [5.74, 6) is -1.58. The summed E-state index contributed by atoms with van der Waals surface area (Å²) in [6.45, 7) is 7.00. The second-order valence-corrected chi connectivity index (χ2v) is 7.80. The molecule has 2 heterocycles. The largest absolute Gasteiger partial charge is 0.464 e. The first-order valence-electron chi connectivity index (χ1n) is 11.7. The molecule has 35 heavy (non-hydrogen) atoms. The Morgan fingerprint density at radius 1 is 1.17 bits per heavy atom. The van der Waals surface area contributed by atoms with E-state index in [4.69, 9.17) is 33.2 Å². The van der Waals surface area contributed by atoms with E-state index in [0.29, 0.717) is 49.4 Å². The summed E-state index contributed by atoms with van der Waals surface area (Å²) in [5, 5.41) is 9.23. The number of rotatable bonds is 14. The molecule has 2 aromatic rings. The highest BCUT2D eigenvalue weighted by Gasteiger charge is 2.39. The summed E-state index contributed by atoms with van der Waals surface area (Å²) in [5.41, 5.74) is 0.682. The zero-order valence-electron chi connectivity index (χ0n) is 19.9. The van der Waals surface area contributed by atoms with Crippen molar-refractivity contribution in [1.29, 1.82) is 0 Å². The molecule has 0 fully saturated rings. The number of fused-ring (bicyclic) bond motifs is 1. The van der Waals surface area contributed by atoms with Gasteiger partial charge in [-0.1, -0.05) is 24.8 Å². The van der Waals surface area contributed by atoms with Gasteiger partial charge in [0.15, 0.2) is 5.43 Å². The molecule has 0 aliphatic carbocycles. The highest BCUT2D eigenvalue weighted by molar-refractivity contribution is 5.86. The topological polar surface area (TPSA) is 114 Å². The average Bonchev–Trinajstić information content (AvgIpc) is 2.87. The summed E-state index contributed by atoms with van der Waals surface area (Å²) in [4.78, 5) is 26.0. The van der Waals surface area contributed by atoms with Gasteiger partial charge in [0.1, 0.15) is 12.2 Å². The van der Waals surface area contributed by atoms with E-state index in [1.165, 1.54) is 12.3 Å². The van der Waals surface area contributed by atoms with Gasteiger partial charge in [0, 0.05) is 30.6 Å². The average molecular weight is 489 g/mol. The van der Waals surface area contributed by atoms with Crippen molar-refractivity contribution in [2.45, 2.75) is 25.6 Å². The monoisotopic (exact) mass is 488 g/mol. The normalized spacial score (nSPS) is 19.7. The molecule has 1 aromatic carbocycles. The van der Waals surface area contributed by atoms with E-state index in [9.17, 15) is 9.59 Å². The molecule has 0 saturated carbocycles. The van der Waals surface area contributed by atoms with Crippen molar-refractivity contribution >= 4 is 16.9 Å². The molecule has 3 atom stereocenters. The van der Waals surface area contributed by atoms with Crippen LogP contribution in [0.5, 0.6) is 0 Å². The van der Waals surface area contributed by atoms with Crippen LogP contribution in [0.15, 0.2) is 64.2 Å². The predicted molar refractivity (Wildman–Crippen MR) is 128 cm³/mol. The van der Waals surface area contributed by atoms with E-state index >= 15 is 0 Å². The van der Waals surface area contributed by atoms with Crippen LogP contribution in [0, 0.1) is 5.92 Å². The second-order valence-electron chi connectivity index (χ2n) is 7.80. The number of esters is 1. The first kappa shape index (κ1) is 26.6. The minimum absolute atomic E-state index is 0.0250. The van der Waals surface area contributed by atoms with Crippen molar-refractivity contribution < 1.29 is 38.0 Å². The van der Waals surface area contributed by atoms with E-state index in [-0.39, 0.29) is 36.9 Å². The zero-order valence-corrected chi connectivity index (χ0v) is 19.9. The highest BCUT2D eigenvalue weighted by atomic mass is 16.7. The number of benzene rings is 1. The van der Waals surface area contributed by atoms with Crippen LogP contribution in [0.2, 0.25) is 0 Å². The predicted octanol–water partition coefficient (Wildman–Crippen LogP) is 2.91. The standard InChI is InChI=1S/C26H32O9/c1-3-11-33-25(29)23-16-20(21-17-34-22-8-6-5-7-19(22)24(21)28)18(26(35-23)32-4-2)9-12-30-14-15-31-13-10-27/h3,5-8,16-18,20,26-27H,1,4,9-15H2,2H3. The molecule has 1 aromatic heterocycles. The Morgan fingerprint density at radius 3 is 2.69 bits per heavy atom. The van der Waals surface area contributed by atoms with Gasteiger partial charge in [0.25, 0.3) is 0 Å². The number of aliphatic hydroxyl groups is 1. The van der Waals surface area contributed by atoms with Gasteiger partial charge in [-0.3, -0.25) is 4.79 Å². The second kappa shape index (κ2) is 13.8. The highest BCUT2D eigenvalue weighted by Crippen LogP contribution is 2.38. The molecule has 0 amide bonds. The number of allylic oxidation sites excluding steroid dienone is 1. The fourth-order valence-corrected chi connectivity index (χ4v) is 3.92. The van der Waals surface area contributed by atoms with Crippen molar-refractivity contribution in [3.05, 3.63) is 70.8 Å². The van der Waals surface area contributed by atoms with Crippen LogP contribution in [0.4, 0.5) is 0 Å². The van der Waals surface area contributed by atoms with Gasteiger partial charge < -0.3 is 33.2 Å². The summed E-state index contributed by atoms with van der Waals surface area (Å²) < 4.78 is 33.5. The van der Waals surface area contributed by atoms with Crippen LogP contribution in [0.1, 0.15) is 24.8 Å². The lowest BCUT2D eigenvalue weighted by molar-refractivity contribution is -0.176. The number of hydrogen-bond donors (Lipinski definition) is 1. The quantitative estimate of drug-likeness (QED) is 0.244. The van der Waals surface area contributed by atoms with Gasteiger partial charge in [0.05, 0.1) is 38.1 Å². The molecule has 0 spiro atoms. The van der Waals surface area contributed by atoms with Gasteiger partial charge in [-0.25, -0.2) is 4.79 Å². The fraction of sp³-hybridized carbons (Fsp3) is 0.462. The number of para-hydroxylation sites is 1. The number of hydrogen-bond acceptors (Lipinski definition) is 9. The minimum atomic E-state index is -0.804. The summed E-state index contributed by atoms with van der Waals surface area (Å²) >= 11 is 0. The lowest BCUT2D eigenvalue weighted by Gasteiger charge is -2.36. The van der Waals surface area contributed by atoms with E-state index in [1.54, 1.807) is 30.3 Å². The third-order valence-electron chi connectivity index (χ3n) is 5.52. The van der Waals surface area contributed by atoms with Crippen molar-refractivity contribution in [2.24, 2.45) is 5.92 Å². The smallest absolute Gasteiger partial charge is 0.373 e. The molecule has 1 aliphatic heterocycles. The number of carbonyl (C=O) groups is 1. The van der Waals surface area contributed by atoms with Crippen LogP contribution >= 0.6 is 0 Å². The SMILES string of the molecule is C=CCOC(=O)C1=CC(c2coc3ccccc3c2=O)C(CCOCCOCCO)C(OCC)O1. The third kappa shape index (κ3) is 7.02. The Morgan fingerprint density at radius 2 is 1.94 bits per heavy atom. The maximum absolute atomic E-state index is 13.4. The van der Waals surface area contributed by atoms with Crippen molar-refractivity contribution in [3.8, 4) is 0 Å². The number of carbonyl (C=O) groups excluding carboxylic acids is 1. The van der Waals surface area contributed by atoms with Crippen molar-refractivity contribution in [2.75, 3.05) is 46.2 Å². The summed E-state index contributed by atoms with van der Waals surface area (Å²) in [6.07, 6.45) is 4.16. The third-order valence-corrected chi connectivity index (χ3v) is 5.52. The van der Waals surface area contributed by atoms with E-state index in [0.717, 1.165) is 0 Å². The molecule has 0 saturated heterocycles. The Labute approximate surface area is 203 Å².